The zero-order valence-corrected chi connectivity index (χ0v) is 13.6. The van der Waals surface area contributed by atoms with Gasteiger partial charge in [-0.25, -0.2) is 4.98 Å². The largest absolute Gasteiger partial charge is 0.472 e. The summed E-state index contributed by atoms with van der Waals surface area (Å²) in [6.45, 7) is 12.9. The lowest BCUT2D eigenvalue weighted by molar-refractivity contribution is 0.0886. The average molecular weight is 280 g/mol. The Labute approximate surface area is 122 Å². The molecule has 4 heteroatoms. The van der Waals surface area contributed by atoms with Crippen molar-refractivity contribution in [2.24, 2.45) is 0 Å². The molecule has 114 valence electrons. The number of rotatable bonds is 7. The van der Waals surface area contributed by atoms with Crippen LogP contribution < -0.4 is 10.1 Å². The molecule has 1 heterocycles. The molecule has 4 nitrogen and oxygen atoms in total. The number of aromatic nitrogens is 1. The number of methoxy groups -OCH3 is 1. The maximum atomic E-state index is 5.85. The van der Waals surface area contributed by atoms with Gasteiger partial charge >= 0.3 is 0 Å². The summed E-state index contributed by atoms with van der Waals surface area (Å²) in [5, 5.41) is 3.34. The van der Waals surface area contributed by atoms with Gasteiger partial charge in [-0.05, 0) is 25.1 Å². The molecule has 0 fully saturated rings. The standard InChI is InChI=1S/C16H28N2O2/c1-7-17-10-13-8-14(16(3,4)5)18-15(9-13)20-12(2)11-19-6/h8-9,12,17H,7,10-11H2,1-6H3. The van der Waals surface area contributed by atoms with Crippen LogP contribution in [0.15, 0.2) is 12.1 Å². The molecular weight excluding hydrogens is 252 g/mol. The zero-order chi connectivity index (χ0) is 15.2. The summed E-state index contributed by atoms with van der Waals surface area (Å²) in [6, 6.07) is 4.15. The van der Waals surface area contributed by atoms with E-state index < -0.39 is 0 Å². The highest BCUT2D eigenvalue weighted by molar-refractivity contribution is 5.28. The first-order valence-electron chi connectivity index (χ1n) is 7.24. The molecule has 0 bridgehead atoms. The van der Waals surface area contributed by atoms with Gasteiger partial charge in [0.2, 0.25) is 5.88 Å². The zero-order valence-electron chi connectivity index (χ0n) is 13.6. The van der Waals surface area contributed by atoms with Gasteiger partial charge in [-0.15, -0.1) is 0 Å². The van der Waals surface area contributed by atoms with Gasteiger partial charge in [-0.2, -0.15) is 0 Å². The van der Waals surface area contributed by atoms with Crippen LogP contribution in [0.2, 0.25) is 0 Å². The molecule has 1 aromatic heterocycles. The molecule has 0 aliphatic rings. The monoisotopic (exact) mass is 280 g/mol. The lowest BCUT2D eigenvalue weighted by atomic mass is 9.91. The SMILES string of the molecule is CCNCc1cc(OC(C)COC)nc(C(C)(C)C)c1. The summed E-state index contributed by atoms with van der Waals surface area (Å²) in [7, 11) is 1.68. The predicted octanol–water partition coefficient (Wildman–Crippen LogP) is 2.90. The van der Waals surface area contributed by atoms with Crippen molar-refractivity contribution in [3.63, 3.8) is 0 Å². The Morgan fingerprint density at radius 3 is 2.55 bits per heavy atom. The van der Waals surface area contributed by atoms with E-state index in [-0.39, 0.29) is 11.5 Å². The third kappa shape index (κ3) is 5.47. The molecule has 1 atom stereocenters. The van der Waals surface area contributed by atoms with E-state index in [9.17, 15) is 0 Å². The fourth-order valence-corrected chi connectivity index (χ4v) is 1.85. The highest BCUT2D eigenvalue weighted by Crippen LogP contribution is 2.24. The molecule has 0 saturated carbocycles. The van der Waals surface area contributed by atoms with Crippen molar-refractivity contribution < 1.29 is 9.47 Å². The van der Waals surface area contributed by atoms with Gasteiger partial charge in [0.25, 0.3) is 0 Å². The van der Waals surface area contributed by atoms with Crippen molar-refractivity contribution in [1.82, 2.24) is 10.3 Å². The summed E-state index contributed by atoms with van der Waals surface area (Å²) in [4.78, 5) is 4.63. The van der Waals surface area contributed by atoms with Crippen molar-refractivity contribution in [2.75, 3.05) is 20.3 Å². The molecule has 0 aliphatic heterocycles. The van der Waals surface area contributed by atoms with E-state index in [1.807, 2.05) is 13.0 Å². The minimum Gasteiger partial charge on any atom is -0.472 e. The number of ether oxygens (including phenoxy) is 2. The van der Waals surface area contributed by atoms with Gasteiger partial charge in [0.1, 0.15) is 6.10 Å². The minimum absolute atomic E-state index is 0.00479. The number of hydrogen-bond acceptors (Lipinski definition) is 4. The van der Waals surface area contributed by atoms with Crippen LogP contribution in [0.5, 0.6) is 5.88 Å². The van der Waals surface area contributed by atoms with E-state index in [0.29, 0.717) is 12.5 Å². The van der Waals surface area contributed by atoms with E-state index in [4.69, 9.17) is 9.47 Å². The lowest BCUT2D eigenvalue weighted by Gasteiger charge is -2.21. The lowest BCUT2D eigenvalue weighted by Crippen LogP contribution is -2.21. The first kappa shape index (κ1) is 16.9. The van der Waals surface area contributed by atoms with Crippen LogP contribution in [0.1, 0.15) is 45.9 Å². The molecule has 0 aromatic carbocycles. The number of nitrogens with one attached hydrogen (secondary N) is 1. The highest BCUT2D eigenvalue weighted by atomic mass is 16.5. The summed E-state index contributed by atoms with van der Waals surface area (Å²) >= 11 is 0. The van der Waals surface area contributed by atoms with E-state index in [1.165, 1.54) is 5.56 Å². The molecule has 0 radical (unpaired) electrons. The highest BCUT2D eigenvalue weighted by Gasteiger charge is 2.18. The van der Waals surface area contributed by atoms with Gasteiger partial charge in [-0.1, -0.05) is 27.7 Å². The van der Waals surface area contributed by atoms with E-state index in [0.717, 1.165) is 18.8 Å². The predicted molar refractivity (Wildman–Crippen MR) is 82.3 cm³/mol. The smallest absolute Gasteiger partial charge is 0.214 e. The van der Waals surface area contributed by atoms with E-state index in [1.54, 1.807) is 7.11 Å². The Bertz CT molecular complexity index is 413. The second kappa shape index (κ2) is 7.60. The molecule has 0 amide bonds. The molecule has 0 spiro atoms. The van der Waals surface area contributed by atoms with Crippen LogP contribution in [0.25, 0.3) is 0 Å². The average Bonchev–Trinajstić information content (AvgIpc) is 2.35. The number of nitrogens with zero attached hydrogens (tertiary/aromatic N) is 1. The van der Waals surface area contributed by atoms with Gasteiger partial charge in [0.05, 0.1) is 12.3 Å². The van der Waals surface area contributed by atoms with Crippen LogP contribution in [0.4, 0.5) is 0 Å². The second-order valence-electron chi connectivity index (χ2n) is 6.11. The number of pyridine rings is 1. The Hall–Kier alpha value is -1.13. The Morgan fingerprint density at radius 1 is 1.30 bits per heavy atom. The van der Waals surface area contributed by atoms with Crippen molar-refractivity contribution in [2.45, 2.75) is 52.7 Å². The maximum Gasteiger partial charge on any atom is 0.214 e. The summed E-state index contributed by atoms with van der Waals surface area (Å²) < 4.78 is 11.0. The van der Waals surface area contributed by atoms with Crippen molar-refractivity contribution in [1.29, 1.82) is 0 Å². The number of hydrogen-bond donors (Lipinski definition) is 1. The van der Waals surface area contributed by atoms with Crippen LogP contribution in [0, 0.1) is 0 Å². The molecular formula is C16H28N2O2. The third-order valence-corrected chi connectivity index (χ3v) is 2.93. The Kier molecular flexibility index (Phi) is 6.43. The molecule has 1 rings (SSSR count). The van der Waals surface area contributed by atoms with Crippen LogP contribution in [0.3, 0.4) is 0 Å². The van der Waals surface area contributed by atoms with Crippen LogP contribution in [-0.4, -0.2) is 31.3 Å². The third-order valence-electron chi connectivity index (χ3n) is 2.93. The minimum atomic E-state index is -0.00490. The molecule has 1 N–H and O–H groups in total. The van der Waals surface area contributed by atoms with Crippen molar-refractivity contribution in [3.8, 4) is 5.88 Å². The van der Waals surface area contributed by atoms with Gasteiger partial charge in [0, 0.05) is 25.1 Å². The summed E-state index contributed by atoms with van der Waals surface area (Å²) in [5.41, 5.74) is 2.25. The Balaban J connectivity index is 2.97. The van der Waals surface area contributed by atoms with Crippen molar-refractivity contribution >= 4 is 0 Å². The maximum absolute atomic E-state index is 5.85. The summed E-state index contributed by atoms with van der Waals surface area (Å²) in [5.74, 6) is 0.676. The molecule has 20 heavy (non-hydrogen) atoms. The van der Waals surface area contributed by atoms with E-state index in [2.05, 4.69) is 44.1 Å². The topological polar surface area (TPSA) is 43.4 Å². The Morgan fingerprint density at radius 2 is 2.00 bits per heavy atom. The molecule has 1 unspecified atom stereocenters. The second-order valence-corrected chi connectivity index (χ2v) is 6.11. The quantitative estimate of drug-likeness (QED) is 0.834. The fourth-order valence-electron chi connectivity index (χ4n) is 1.85. The van der Waals surface area contributed by atoms with Crippen LogP contribution in [-0.2, 0) is 16.7 Å². The van der Waals surface area contributed by atoms with Gasteiger partial charge in [0.15, 0.2) is 0 Å². The molecule has 1 aromatic rings. The van der Waals surface area contributed by atoms with Crippen molar-refractivity contribution in [3.05, 3.63) is 23.4 Å². The first-order valence-corrected chi connectivity index (χ1v) is 7.24. The van der Waals surface area contributed by atoms with E-state index >= 15 is 0 Å². The van der Waals surface area contributed by atoms with Crippen LogP contribution >= 0.6 is 0 Å². The first-order chi connectivity index (χ1) is 9.36. The normalized spacial score (nSPS) is 13.3. The summed E-state index contributed by atoms with van der Waals surface area (Å²) in [6.07, 6.45) is -0.00490. The van der Waals surface area contributed by atoms with Gasteiger partial charge < -0.3 is 14.8 Å². The molecule has 0 saturated heterocycles. The fraction of sp³-hybridized carbons (Fsp3) is 0.688. The van der Waals surface area contributed by atoms with Gasteiger partial charge in [-0.3, -0.25) is 0 Å². The molecule has 0 aliphatic carbocycles.